The summed E-state index contributed by atoms with van der Waals surface area (Å²) >= 11 is 12.4. The average molecular weight is 403 g/mol. The fourth-order valence-corrected chi connectivity index (χ4v) is 3.89. The fraction of sp³-hybridized carbons (Fsp3) is 0.105. The lowest BCUT2D eigenvalue weighted by Gasteiger charge is -2.13. The number of thioether (sulfide) groups is 1. The number of carbonyl (C=O) groups excluding carboxylic acids is 2. The summed E-state index contributed by atoms with van der Waals surface area (Å²) in [5.74, 6) is -0.939. The number of hydrogen-bond donors (Lipinski definition) is 0. The molecule has 1 heterocycles. The van der Waals surface area contributed by atoms with Gasteiger partial charge in [0.2, 0.25) is 0 Å². The molecule has 2 aromatic carbocycles. The number of rotatable bonds is 3. The summed E-state index contributed by atoms with van der Waals surface area (Å²) in [6.45, 7) is 0. The second kappa shape index (κ2) is 7.61. The van der Waals surface area contributed by atoms with E-state index in [9.17, 15) is 9.59 Å². The van der Waals surface area contributed by atoms with E-state index in [1.165, 1.54) is 0 Å². The van der Waals surface area contributed by atoms with Gasteiger partial charge in [0.15, 0.2) is 4.32 Å². The number of halogens is 1. The van der Waals surface area contributed by atoms with Gasteiger partial charge in [0.1, 0.15) is 0 Å². The van der Waals surface area contributed by atoms with Crippen molar-refractivity contribution in [2.24, 2.45) is 0 Å². The van der Waals surface area contributed by atoms with Crippen molar-refractivity contribution in [2.75, 3.05) is 19.0 Å². The lowest BCUT2D eigenvalue weighted by molar-refractivity contribution is -0.120. The van der Waals surface area contributed by atoms with Gasteiger partial charge in [-0.3, -0.25) is 9.59 Å². The zero-order valence-electron chi connectivity index (χ0n) is 14.1. The third-order valence-electron chi connectivity index (χ3n) is 3.81. The van der Waals surface area contributed by atoms with Crippen molar-refractivity contribution in [3.8, 4) is 0 Å². The Morgan fingerprint density at radius 3 is 2.42 bits per heavy atom. The van der Waals surface area contributed by atoms with E-state index >= 15 is 0 Å². The molecular formula is C19H15ClN2O2S2. The molecule has 0 spiro atoms. The Morgan fingerprint density at radius 1 is 1.15 bits per heavy atom. The molecule has 0 aromatic heterocycles. The number of amides is 2. The van der Waals surface area contributed by atoms with Gasteiger partial charge in [0.25, 0.3) is 11.8 Å². The summed E-state index contributed by atoms with van der Waals surface area (Å²) in [4.78, 5) is 28.8. The normalized spacial score (nSPS) is 15.7. The Labute approximate surface area is 166 Å². The second-order valence-corrected chi connectivity index (χ2v) is 7.87. The topological polar surface area (TPSA) is 40.6 Å². The minimum Gasteiger partial charge on any atom is -0.378 e. The highest BCUT2D eigenvalue weighted by atomic mass is 35.5. The van der Waals surface area contributed by atoms with Gasteiger partial charge >= 0.3 is 0 Å². The van der Waals surface area contributed by atoms with Crippen molar-refractivity contribution in [3.05, 3.63) is 69.6 Å². The average Bonchev–Trinajstić information content (AvgIpc) is 2.89. The molecule has 0 atom stereocenters. The molecule has 1 aliphatic heterocycles. The van der Waals surface area contributed by atoms with Crippen molar-refractivity contribution in [3.63, 3.8) is 0 Å². The predicted molar refractivity (Wildman–Crippen MR) is 112 cm³/mol. The lowest BCUT2D eigenvalue weighted by Crippen LogP contribution is -2.34. The molecule has 0 saturated carbocycles. The Morgan fingerprint density at radius 2 is 1.81 bits per heavy atom. The van der Waals surface area contributed by atoms with E-state index in [0.29, 0.717) is 4.91 Å². The monoisotopic (exact) mass is 402 g/mol. The molecule has 0 unspecified atom stereocenters. The van der Waals surface area contributed by atoms with Gasteiger partial charge in [-0.15, -0.1) is 0 Å². The van der Waals surface area contributed by atoms with Crippen LogP contribution in [0.3, 0.4) is 0 Å². The van der Waals surface area contributed by atoms with Gasteiger partial charge in [0.05, 0.1) is 15.5 Å². The van der Waals surface area contributed by atoms with Crippen LogP contribution in [0.5, 0.6) is 0 Å². The summed E-state index contributed by atoms with van der Waals surface area (Å²) in [5.41, 5.74) is 2.17. The number of carbonyl (C=O) groups is 2. The van der Waals surface area contributed by atoms with Crippen LogP contribution < -0.4 is 4.90 Å². The first kappa shape index (κ1) is 18.6. The largest absolute Gasteiger partial charge is 0.378 e. The fourth-order valence-electron chi connectivity index (χ4n) is 2.42. The molecule has 7 heteroatoms. The standard InChI is InChI=1S/C19H15ClN2O2S2/c1-21(2)13-9-7-12(8-10-13)11-16-18(24)22(19(25)26-16)17(23)14-5-3-4-6-15(14)20/h3-11H,1-2H3/b16-11+. The molecule has 132 valence electrons. The van der Waals surface area contributed by atoms with E-state index in [4.69, 9.17) is 23.8 Å². The molecule has 1 aliphatic rings. The SMILES string of the molecule is CN(C)c1ccc(/C=C2/SC(=S)N(C(=O)c3ccccc3Cl)C2=O)cc1. The zero-order valence-corrected chi connectivity index (χ0v) is 16.5. The lowest BCUT2D eigenvalue weighted by atomic mass is 10.1. The number of benzene rings is 2. The van der Waals surface area contributed by atoms with Gasteiger partial charge < -0.3 is 4.90 Å². The van der Waals surface area contributed by atoms with E-state index in [1.807, 2.05) is 43.3 Å². The minimum absolute atomic E-state index is 0.205. The van der Waals surface area contributed by atoms with Crippen LogP contribution in [0.4, 0.5) is 5.69 Å². The maximum atomic E-state index is 12.7. The summed E-state index contributed by atoms with van der Waals surface area (Å²) in [6.07, 6.45) is 1.73. The van der Waals surface area contributed by atoms with Gasteiger partial charge in [-0.05, 0) is 35.9 Å². The zero-order chi connectivity index (χ0) is 18.8. The smallest absolute Gasteiger partial charge is 0.273 e. The van der Waals surface area contributed by atoms with Crippen LogP contribution in [0.25, 0.3) is 6.08 Å². The number of thiocarbonyl (C=S) groups is 1. The van der Waals surface area contributed by atoms with Crippen molar-refractivity contribution in [1.82, 2.24) is 4.90 Å². The van der Waals surface area contributed by atoms with Crippen molar-refractivity contribution in [1.29, 1.82) is 0 Å². The van der Waals surface area contributed by atoms with E-state index in [1.54, 1.807) is 30.3 Å². The van der Waals surface area contributed by atoms with Crippen LogP contribution in [0.1, 0.15) is 15.9 Å². The number of hydrogen-bond acceptors (Lipinski definition) is 5. The van der Waals surface area contributed by atoms with E-state index in [-0.39, 0.29) is 14.9 Å². The van der Waals surface area contributed by atoms with Crippen molar-refractivity contribution in [2.45, 2.75) is 0 Å². The first-order chi connectivity index (χ1) is 12.4. The Kier molecular flexibility index (Phi) is 5.46. The Bertz CT molecular complexity index is 923. The first-order valence-electron chi connectivity index (χ1n) is 7.72. The highest BCUT2D eigenvalue weighted by Gasteiger charge is 2.37. The molecule has 0 bridgehead atoms. The highest BCUT2D eigenvalue weighted by Crippen LogP contribution is 2.34. The van der Waals surface area contributed by atoms with E-state index in [2.05, 4.69) is 0 Å². The summed E-state index contributed by atoms with van der Waals surface area (Å²) in [5, 5.41) is 0.287. The molecule has 4 nitrogen and oxygen atoms in total. The molecule has 1 saturated heterocycles. The quantitative estimate of drug-likeness (QED) is 0.431. The van der Waals surface area contributed by atoms with Crippen LogP contribution in [-0.2, 0) is 4.79 Å². The summed E-state index contributed by atoms with van der Waals surface area (Å²) < 4.78 is 0.205. The van der Waals surface area contributed by atoms with Crippen LogP contribution in [0.2, 0.25) is 5.02 Å². The molecular weight excluding hydrogens is 388 g/mol. The molecule has 3 rings (SSSR count). The first-order valence-corrected chi connectivity index (χ1v) is 9.33. The van der Waals surface area contributed by atoms with Crippen molar-refractivity contribution >= 4 is 63.5 Å². The maximum absolute atomic E-state index is 12.7. The molecule has 2 amide bonds. The van der Waals surface area contributed by atoms with Gasteiger partial charge in [-0.1, -0.05) is 59.8 Å². The summed E-state index contributed by atoms with van der Waals surface area (Å²) in [7, 11) is 3.92. The molecule has 0 radical (unpaired) electrons. The number of nitrogens with zero attached hydrogens (tertiary/aromatic N) is 2. The maximum Gasteiger partial charge on any atom is 0.273 e. The van der Waals surface area contributed by atoms with E-state index in [0.717, 1.165) is 27.9 Å². The number of imide groups is 1. The van der Waals surface area contributed by atoms with Crippen molar-refractivity contribution < 1.29 is 9.59 Å². The van der Waals surface area contributed by atoms with E-state index < -0.39 is 11.8 Å². The van der Waals surface area contributed by atoms with Gasteiger partial charge in [0, 0.05) is 19.8 Å². The van der Waals surface area contributed by atoms with Gasteiger partial charge in [-0.2, -0.15) is 0 Å². The molecule has 26 heavy (non-hydrogen) atoms. The van der Waals surface area contributed by atoms with Crippen LogP contribution >= 0.6 is 35.6 Å². The number of anilines is 1. The third-order valence-corrected chi connectivity index (χ3v) is 5.44. The van der Waals surface area contributed by atoms with Crippen LogP contribution in [0.15, 0.2) is 53.4 Å². The molecule has 2 aromatic rings. The summed E-state index contributed by atoms with van der Waals surface area (Å²) in [6, 6.07) is 14.3. The third kappa shape index (κ3) is 3.67. The van der Waals surface area contributed by atoms with Crippen LogP contribution in [0, 0.1) is 0 Å². The highest BCUT2D eigenvalue weighted by molar-refractivity contribution is 8.26. The molecule has 0 N–H and O–H groups in total. The van der Waals surface area contributed by atoms with Gasteiger partial charge in [-0.25, -0.2) is 4.90 Å². The minimum atomic E-state index is -0.510. The predicted octanol–water partition coefficient (Wildman–Crippen LogP) is 4.45. The second-order valence-electron chi connectivity index (χ2n) is 5.79. The molecule has 1 fully saturated rings. The van der Waals surface area contributed by atoms with Crippen LogP contribution in [-0.4, -0.2) is 35.1 Å². The molecule has 0 aliphatic carbocycles. The Balaban J connectivity index is 1.87. The Hall–Kier alpha value is -2.15.